The molecule has 0 bridgehead atoms. The van der Waals surface area contributed by atoms with Gasteiger partial charge in [0, 0.05) is 61.8 Å². The summed E-state index contributed by atoms with van der Waals surface area (Å²) in [4.78, 5) is 61.4. The van der Waals surface area contributed by atoms with Crippen molar-refractivity contribution in [1.82, 2.24) is 20.2 Å². The van der Waals surface area contributed by atoms with Crippen molar-refractivity contribution >= 4 is 46.4 Å². The minimum Gasteiger partial charge on any atom is -0.469 e. The second-order valence-corrected chi connectivity index (χ2v) is 13.5. The quantitative estimate of drug-likeness (QED) is 0.272. The number of esters is 2. The molecule has 3 rings (SSSR count). The molecule has 10 nitrogen and oxygen atoms in total. The summed E-state index contributed by atoms with van der Waals surface area (Å²) in [6.07, 6.45) is 4.43. The Morgan fingerprint density at radius 2 is 1.81 bits per heavy atom. The fourth-order valence-electron chi connectivity index (χ4n) is 5.19. The van der Waals surface area contributed by atoms with Crippen LogP contribution in [0.2, 0.25) is 0 Å². The number of hydrogen-bond donors (Lipinski definition) is 1. The second-order valence-electron chi connectivity index (χ2n) is 11.6. The Morgan fingerprint density at radius 1 is 1.10 bits per heavy atom. The lowest BCUT2D eigenvalue weighted by Crippen LogP contribution is -2.42. The van der Waals surface area contributed by atoms with Crippen molar-refractivity contribution in [3.63, 3.8) is 0 Å². The van der Waals surface area contributed by atoms with Gasteiger partial charge in [0.15, 0.2) is 6.10 Å². The third-order valence-corrected chi connectivity index (χ3v) is 9.73. The number of aryl methyl sites for hydroxylation is 1. The highest BCUT2D eigenvalue weighted by atomic mass is 32.1. The Balaban J connectivity index is 1.75. The minimum absolute atomic E-state index is 0.0989. The fourth-order valence-corrected chi connectivity index (χ4v) is 6.89. The van der Waals surface area contributed by atoms with Crippen LogP contribution in [0, 0.1) is 24.7 Å². The number of ether oxygens (including phenoxy) is 2. The van der Waals surface area contributed by atoms with Gasteiger partial charge in [-0.2, -0.15) is 0 Å². The summed E-state index contributed by atoms with van der Waals surface area (Å²) in [7, 11) is 3.16. The highest BCUT2D eigenvalue weighted by Gasteiger charge is 2.32. The van der Waals surface area contributed by atoms with Gasteiger partial charge in [0.1, 0.15) is 10.7 Å². The molecule has 2 aromatic rings. The van der Waals surface area contributed by atoms with E-state index in [-0.39, 0.29) is 41.5 Å². The van der Waals surface area contributed by atoms with Crippen LogP contribution in [0.5, 0.6) is 0 Å². The maximum Gasteiger partial charge on any atom is 0.308 e. The predicted molar refractivity (Wildman–Crippen MR) is 162 cm³/mol. The van der Waals surface area contributed by atoms with Crippen molar-refractivity contribution in [2.24, 2.45) is 17.8 Å². The average Bonchev–Trinajstić information content (AvgIpc) is 3.56. The SMILES string of the molecule is COC(=O)C(C)CC(Cc1nc(C)cs1)NC(=O)c1csc(C(CC(C(C)C)N(C)C(=O)CC2CCC2)OC(C)=O)n1. The van der Waals surface area contributed by atoms with Crippen molar-refractivity contribution < 1.29 is 28.7 Å². The summed E-state index contributed by atoms with van der Waals surface area (Å²) in [5, 5.41) is 7.97. The van der Waals surface area contributed by atoms with Crippen molar-refractivity contribution in [2.75, 3.05) is 14.2 Å². The first-order valence-electron chi connectivity index (χ1n) is 14.6. The number of methoxy groups -OCH3 is 1. The molecule has 1 N–H and O–H groups in total. The van der Waals surface area contributed by atoms with E-state index in [9.17, 15) is 19.2 Å². The molecule has 2 aromatic heterocycles. The summed E-state index contributed by atoms with van der Waals surface area (Å²) in [6.45, 7) is 9.11. The Labute approximate surface area is 256 Å². The number of carbonyl (C=O) groups is 4. The van der Waals surface area contributed by atoms with E-state index >= 15 is 0 Å². The molecule has 1 aliphatic carbocycles. The Hall–Kier alpha value is -2.86. The van der Waals surface area contributed by atoms with E-state index in [2.05, 4.69) is 15.3 Å². The van der Waals surface area contributed by atoms with E-state index < -0.39 is 18.0 Å². The number of aromatic nitrogens is 2. The van der Waals surface area contributed by atoms with Crippen molar-refractivity contribution in [3.8, 4) is 0 Å². The van der Waals surface area contributed by atoms with Crippen LogP contribution in [0.4, 0.5) is 0 Å². The summed E-state index contributed by atoms with van der Waals surface area (Å²) in [6, 6.07) is -0.540. The Kier molecular flexibility index (Phi) is 12.5. The minimum atomic E-state index is -0.700. The molecule has 0 radical (unpaired) electrons. The van der Waals surface area contributed by atoms with E-state index in [4.69, 9.17) is 9.47 Å². The summed E-state index contributed by atoms with van der Waals surface area (Å²) < 4.78 is 10.6. The Bertz CT molecular complexity index is 1220. The van der Waals surface area contributed by atoms with Crippen LogP contribution in [0.25, 0.3) is 0 Å². The van der Waals surface area contributed by atoms with Crippen LogP contribution < -0.4 is 5.32 Å². The molecule has 4 unspecified atom stereocenters. The van der Waals surface area contributed by atoms with Crippen LogP contribution >= 0.6 is 22.7 Å². The molecular weight excluding hydrogens is 576 g/mol. The van der Waals surface area contributed by atoms with Crippen LogP contribution in [0.3, 0.4) is 0 Å². The number of nitrogens with one attached hydrogen (secondary N) is 1. The molecule has 1 fully saturated rings. The lowest BCUT2D eigenvalue weighted by molar-refractivity contribution is -0.148. The molecule has 1 saturated carbocycles. The van der Waals surface area contributed by atoms with E-state index in [0.29, 0.717) is 36.6 Å². The van der Waals surface area contributed by atoms with Gasteiger partial charge in [-0.1, -0.05) is 27.2 Å². The second kappa shape index (κ2) is 15.6. The molecule has 0 aliphatic heterocycles. The molecule has 0 aromatic carbocycles. The first-order chi connectivity index (χ1) is 19.9. The van der Waals surface area contributed by atoms with E-state index in [1.807, 2.05) is 33.2 Å². The monoisotopic (exact) mass is 620 g/mol. The van der Waals surface area contributed by atoms with Gasteiger partial charge in [-0.15, -0.1) is 22.7 Å². The zero-order valence-electron chi connectivity index (χ0n) is 25.7. The normalized spacial score (nSPS) is 16.2. The average molecular weight is 621 g/mol. The van der Waals surface area contributed by atoms with Gasteiger partial charge in [0.2, 0.25) is 5.91 Å². The number of carbonyl (C=O) groups excluding carboxylic acids is 4. The summed E-state index contributed by atoms with van der Waals surface area (Å²) >= 11 is 2.75. The largest absolute Gasteiger partial charge is 0.469 e. The Morgan fingerprint density at radius 3 is 2.36 bits per heavy atom. The maximum absolute atomic E-state index is 13.3. The number of hydrogen-bond acceptors (Lipinski definition) is 10. The summed E-state index contributed by atoms with van der Waals surface area (Å²) in [5.41, 5.74) is 1.10. The van der Waals surface area contributed by atoms with Crippen LogP contribution in [0.15, 0.2) is 10.8 Å². The highest BCUT2D eigenvalue weighted by Crippen LogP contribution is 2.33. The molecule has 2 heterocycles. The molecular formula is C30H44N4O6S2. The smallest absolute Gasteiger partial charge is 0.308 e. The topological polar surface area (TPSA) is 128 Å². The third-order valence-electron chi connectivity index (χ3n) is 7.81. The molecule has 1 aliphatic rings. The first-order valence-corrected chi connectivity index (χ1v) is 16.3. The standard InChI is InChI=1S/C30H44N4O6S2/c1-17(2)24(34(6)27(36)12-21-9-8-10-21)14-25(40-20(5)35)29-33-23(16-42-29)28(37)32-22(11-18(3)30(38)39-7)13-26-31-19(4)15-41-26/h15-18,21-22,24-25H,8-14H2,1-7H3,(H,32,37). The van der Waals surface area contributed by atoms with Gasteiger partial charge in [-0.3, -0.25) is 19.2 Å². The van der Waals surface area contributed by atoms with Crippen LogP contribution in [-0.4, -0.2) is 64.9 Å². The van der Waals surface area contributed by atoms with E-state index in [1.54, 1.807) is 17.2 Å². The van der Waals surface area contributed by atoms with Crippen LogP contribution in [-0.2, 0) is 30.3 Å². The summed E-state index contributed by atoms with van der Waals surface area (Å²) in [5.74, 6) is -0.935. The van der Waals surface area contributed by atoms with Gasteiger partial charge in [0.25, 0.3) is 5.91 Å². The van der Waals surface area contributed by atoms with Gasteiger partial charge in [-0.25, -0.2) is 9.97 Å². The maximum atomic E-state index is 13.3. The van der Waals surface area contributed by atoms with Gasteiger partial charge >= 0.3 is 11.9 Å². The first kappa shape index (κ1) is 33.6. The zero-order valence-corrected chi connectivity index (χ0v) is 27.3. The molecule has 0 spiro atoms. The lowest BCUT2D eigenvalue weighted by atomic mass is 9.82. The van der Waals surface area contributed by atoms with Crippen molar-refractivity contribution in [2.45, 2.75) is 97.8 Å². The lowest BCUT2D eigenvalue weighted by Gasteiger charge is -2.35. The molecule has 2 amide bonds. The third kappa shape index (κ3) is 9.58. The molecule has 0 saturated heterocycles. The van der Waals surface area contributed by atoms with Crippen LogP contribution in [0.1, 0.15) is 98.5 Å². The van der Waals surface area contributed by atoms with E-state index in [0.717, 1.165) is 23.5 Å². The number of amides is 2. The molecule has 4 atom stereocenters. The van der Waals surface area contributed by atoms with Crippen molar-refractivity contribution in [1.29, 1.82) is 0 Å². The predicted octanol–water partition coefficient (Wildman–Crippen LogP) is 5.12. The molecule has 232 valence electrons. The number of thiazole rings is 2. The molecule has 42 heavy (non-hydrogen) atoms. The number of nitrogens with zero attached hydrogens (tertiary/aromatic N) is 3. The highest BCUT2D eigenvalue weighted by molar-refractivity contribution is 7.10. The molecule has 12 heteroatoms. The fraction of sp³-hybridized carbons (Fsp3) is 0.667. The van der Waals surface area contributed by atoms with Gasteiger partial charge < -0.3 is 19.7 Å². The zero-order chi connectivity index (χ0) is 31.0. The van der Waals surface area contributed by atoms with Gasteiger partial charge in [0.05, 0.1) is 18.0 Å². The number of rotatable bonds is 15. The van der Waals surface area contributed by atoms with Gasteiger partial charge in [-0.05, 0) is 38.0 Å². The van der Waals surface area contributed by atoms with Crippen molar-refractivity contribution in [3.05, 3.63) is 32.2 Å². The van der Waals surface area contributed by atoms with E-state index in [1.165, 1.54) is 43.1 Å².